The number of β-amino-alcohol motifs (C(OH)–C–C–N with tert-alkyl or cyclic N) is 2. The molecule has 6 nitrogen and oxygen atoms in total. The molecule has 2 aliphatic rings. The summed E-state index contributed by atoms with van der Waals surface area (Å²) in [7, 11) is 0. The Morgan fingerprint density at radius 2 is 1.76 bits per heavy atom. The SMILES string of the molecule is CC(C(=O)N1CCOCC1)N1C[C@@H](O)[C@@H](O)C1. The molecule has 2 rings (SSSR count). The molecule has 2 fully saturated rings. The highest BCUT2D eigenvalue weighted by Crippen LogP contribution is 2.15. The monoisotopic (exact) mass is 244 g/mol. The molecule has 6 heteroatoms. The van der Waals surface area contributed by atoms with E-state index in [0.717, 1.165) is 0 Å². The van der Waals surface area contributed by atoms with Crippen molar-refractivity contribution in [3.63, 3.8) is 0 Å². The van der Waals surface area contributed by atoms with Gasteiger partial charge in [-0.1, -0.05) is 0 Å². The lowest BCUT2D eigenvalue weighted by Gasteiger charge is -2.32. The van der Waals surface area contributed by atoms with Gasteiger partial charge in [-0.2, -0.15) is 0 Å². The summed E-state index contributed by atoms with van der Waals surface area (Å²) in [5.74, 6) is 0.0506. The van der Waals surface area contributed by atoms with Gasteiger partial charge in [-0.3, -0.25) is 9.69 Å². The van der Waals surface area contributed by atoms with Gasteiger partial charge in [0.15, 0.2) is 0 Å². The number of carbonyl (C=O) groups is 1. The van der Waals surface area contributed by atoms with Crippen LogP contribution < -0.4 is 0 Å². The second kappa shape index (κ2) is 5.30. The first-order valence-corrected chi connectivity index (χ1v) is 6.06. The zero-order valence-electron chi connectivity index (χ0n) is 10.1. The zero-order valence-corrected chi connectivity index (χ0v) is 10.1. The van der Waals surface area contributed by atoms with E-state index < -0.39 is 12.2 Å². The third kappa shape index (κ3) is 2.77. The minimum absolute atomic E-state index is 0.0506. The molecule has 2 aliphatic heterocycles. The van der Waals surface area contributed by atoms with E-state index in [1.807, 2.05) is 11.8 Å². The zero-order chi connectivity index (χ0) is 12.4. The molecule has 0 radical (unpaired) electrons. The number of ether oxygens (including phenoxy) is 1. The van der Waals surface area contributed by atoms with E-state index >= 15 is 0 Å². The molecule has 0 bridgehead atoms. The maximum absolute atomic E-state index is 12.2. The van der Waals surface area contributed by atoms with Crippen molar-refractivity contribution < 1.29 is 19.7 Å². The molecule has 98 valence electrons. The Labute approximate surface area is 101 Å². The van der Waals surface area contributed by atoms with Gasteiger partial charge in [-0.05, 0) is 6.92 Å². The number of carbonyl (C=O) groups excluding carboxylic acids is 1. The summed E-state index contributed by atoms with van der Waals surface area (Å²) in [5, 5.41) is 18.9. The molecule has 0 aromatic heterocycles. The molecule has 0 saturated carbocycles. The Kier molecular flexibility index (Phi) is 3.98. The fourth-order valence-corrected chi connectivity index (χ4v) is 2.32. The van der Waals surface area contributed by atoms with Gasteiger partial charge in [0.05, 0.1) is 31.5 Å². The Morgan fingerprint density at radius 1 is 1.24 bits per heavy atom. The van der Waals surface area contributed by atoms with Gasteiger partial charge in [0.1, 0.15) is 0 Å². The second-order valence-electron chi connectivity index (χ2n) is 4.70. The molecule has 2 N–H and O–H groups in total. The number of amides is 1. The summed E-state index contributed by atoms with van der Waals surface area (Å²) >= 11 is 0. The van der Waals surface area contributed by atoms with Crippen molar-refractivity contribution >= 4 is 5.91 Å². The number of likely N-dealkylation sites (tertiary alicyclic amines) is 1. The van der Waals surface area contributed by atoms with Crippen molar-refractivity contribution in [1.29, 1.82) is 0 Å². The maximum atomic E-state index is 12.2. The first kappa shape index (κ1) is 12.8. The minimum atomic E-state index is -0.741. The molecule has 3 atom stereocenters. The smallest absolute Gasteiger partial charge is 0.239 e. The largest absolute Gasteiger partial charge is 0.389 e. The molecule has 1 amide bonds. The number of aliphatic hydroxyl groups is 2. The fourth-order valence-electron chi connectivity index (χ4n) is 2.32. The molecule has 0 aromatic rings. The molecule has 2 saturated heterocycles. The van der Waals surface area contributed by atoms with Crippen LogP contribution in [0.15, 0.2) is 0 Å². The maximum Gasteiger partial charge on any atom is 0.239 e. The first-order valence-electron chi connectivity index (χ1n) is 6.06. The standard InChI is InChI=1S/C11H20N2O4/c1-8(13-6-9(14)10(15)7-13)11(16)12-2-4-17-5-3-12/h8-10,14-15H,2-7H2,1H3/t8?,9-,10+. The molecular weight excluding hydrogens is 224 g/mol. The first-order chi connectivity index (χ1) is 8.09. The van der Waals surface area contributed by atoms with E-state index in [2.05, 4.69) is 0 Å². The van der Waals surface area contributed by atoms with Crippen LogP contribution in [0.3, 0.4) is 0 Å². The summed E-state index contributed by atoms with van der Waals surface area (Å²) in [4.78, 5) is 15.8. The van der Waals surface area contributed by atoms with Gasteiger partial charge in [0, 0.05) is 26.2 Å². The van der Waals surface area contributed by atoms with Crippen molar-refractivity contribution in [2.75, 3.05) is 39.4 Å². The lowest BCUT2D eigenvalue weighted by Crippen LogP contribution is -2.50. The van der Waals surface area contributed by atoms with Crippen molar-refractivity contribution in [3.8, 4) is 0 Å². The van der Waals surface area contributed by atoms with Gasteiger partial charge >= 0.3 is 0 Å². The van der Waals surface area contributed by atoms with Crippen LogP contribution in [0.4, 0.5) is 0 Å². The number of nitrogens with zero attached hydrogens (tertiary/aromatic N) is 2. The molecule has 0 aromatic carbocycles. The van der Waals surface area contributed by atoms with E-state index in [9.17, 15) is 15.0 Å². The molecule has 0 spiro atoms. The summed E-state index contributed by atoms with van der Waals surface area (Å²) < 4.78 is 5.20. The number of morpholine rings is 1. The van der Waals surface area contributed by atoms with Gasteiger partial charge in [0.2, 0.25) is 5.91 Å². The molecule has 0 aliphatic carbocycles. The van der Waals surface area contributed by atoms with Crippen molar-refractivity contribution in [1.82, 2.24) is 9.80 Å². The molecule has 17 heavy (non-hydrogen) atoms. The van der Waals surface area contributed by atoms with Gasteiger partial charge in [-0.15, -0.1) is 0 Å². The van der Waals surface area contributed by atoms with Gasteiger partial charge < -0.3 is 19.8 Å². The van der Waals surface area contributed by atoms with Crippen LogP contribution in [0.2, 0.25) is 0 Å². The normalized spacial score (nSPS) is 32.8. The van der Waals surface area contributed by atoms with Crippen LogP contribution in [-0.4, -0.2) is 83.6 Å². The van der Waals surface area contributed by atoms with Crippen LogP contribution in [0, 0.1) is 0 Å². The van der Waals surface area contributed by atoms with Crippen LogP contribution >= 0.6 is 0 Å². The number of hydrogen-bond acceptors (Lipinski definition) is 5. The number of rotatable bonds is 2. The van der Waals surface area contributed by atoms with Gasteiger partial charge in [-0.25, -0.2) is 0 Å². The number of aliphatic hydroxyl groups excluding tert-OH is 2. The summed E-state index contributed by atoms with van der Waals surface area (Å²) in [6, 6.07) is -0.292. The fraction of sp³-hybridized carbons (Fsp3) is 0.909. The third-order valence-corrected chi connectivity index (χ3v) is 3.52. The molecule has 1 unspecified atom stereocenters. The summed E-state index contributed by atoms with van der Waals surface area (Å²) in [6.45, 7) is 4.97. The average molecular weight is 244 g/mol. The Balaban J connectivity index is 1.90. The Morgan fingerprint density at radius 3 is 2.29 bits per heavy atom. The summed E-state index contributed by atoms with van der Waals surface area (Å²) in [6.07, 6.45) is -1.48. The van der Waals surface area contributed by atoms with E-state index in [-0.39, 0.29) is 11.9 Å². The van der Waals surface area contributed by atoms with Crippen LogP contribution in [0.25, 0.3) is 0 Å². The highest BCUT2D eigenvalue weighted by molar-refractivity contribution is 5.81. The Hall–Kier alpha value is -0.690. The van der Waals surface area contributed by atoms with E-state index in [1.54, 1.807) is 4.90 Å². The lowest BCUT2D eigenvalue weighted by molar-refractivity contribution is -0.140. The molecule has 2 heterocycles. The number of hydrogen-bond donors (Lipinski definition) is 2. The predicted octanol–water partition coefficient (Wildman–Crippen LogP) is -1.73. The predicted molar refractivity (Wildman–Crippen MR) is 60.4 cm³/mol. The second-order valence-corrected chi connectivity index (χ2v) is 4.70. The van der Waals surface area contributed by atoms with Crippen LogP contribution in [0.1, 0.15) is 6.92 Å². The van der Waals surface area contributed by atoms with Crippen molar-refractivity contribution in [2.45, 2.75) is 25.2 Å². The highest BCUT2D eigenvalue weighted by atomic mass is 16.5. The topological polar surface area (TPSA) is 73.2 Å². The quantitative estimate of drug-likeness (QED) is 0.604. The highest BCUT2D eigenvalue weighted by Gasteiger charge is 2.36. The van der Waals surface area contributed by atoms with Gasteiger partial charge in [0.25, 0.3) is 0 Å². The minimum Gasteiger partial charge on any atom is -0.389 e. The third-order valence-electron chi connectivity index (χ3n) is 3.52. The molecular formula is C11H20N2O4. The van der Waals surface area contributed by atoms with Crippen LogP contribution in [-0.2, 0) is 9.53 Å². The van der Waals surface area contributed by atoms with E-state index in [0.29, 0.717) is 39.4 Å². The summed E-state index contributed by atoms with van der Waals surface area (Å²) in [5.41, 5.74) is 0. The van der Waals surface area contributed by atoms with Crippen LogP contribution in [0.5, 0.6) is 0 Å². The Bertz CT molecular complexity index is 271. The average Bonchev–Trinajstić information content (AvgIpc) is 2.69. The van der Waals surface area contributed by atoms with Crippen molar-refractivity contribution in [2.24, 2.45) is 0 Å². The van der Waals surface area contributed by atoms with E-state index in [1.165, 1.54) is 0 Å². The van der Waals surface area contributed by atoms with E-state index in [4.69, 9.17) is 4.74 Å². The van der Waals surface area contributed by atoms with Crippen molar-refractivity contribution in [3.05, 3.63) is 0 Å². The lowest BCUT2D eigenvalue weighted by atomic mass is 10.2.